The Kier molecular flexibility index (Phi) is 6.34. The van der Waals surface area contributed by atoms with Gasteiger partial charge in [0.15, 0.2) is 0 Å². The van der Waals surface area contributed by atoms with Crippen molar-refractivity contribution in [1.82, 2.24) is 0 Å². The van der Waals surface area contributed by atoms with Gasteiger partial charge in [-0.2, -0.15) is 0 Å². The molecule has 0 bridgehead atoms. The van der Waals surface area contributed by atoms with Crippen LogP contribution >= 0.6 is 11.6 Å². The van der Waals surface area contributed by atoms with Crippen LogP contribution in [0.3, 0.4) is 0 Å². The lowest BCUT2D eigenvalue weighted by molar-refractivity contribution is 0.0986. The van der Waals surface area contributed by atoms with E-state index in [0.29, 0.717) is 29.5 Å². The molecule has 0 fully saturated rings. The SMILES string of the molecule is CCCOCCOc1ccc(Cl)cc1[C@@H](C)O. The second-order valence-electron chi connectivity index (χ2n) is 3.82. The molecule has 0 saturated heterocycles. The highest BCUT2D eigenvalue weighted by Crippen LogP contribution is 2.28. The number of halogens is 1. The quantitative estimate of drug-likeness (QED) is 0.764. The van der Waals surface area contributed by atoms with E-state index in [1.807, 2.05) is 0 Å². The first kappa shape index (κ1) is 14.3. The van der Waals surface area contributed by atoms with Crippen LogP contribution in [0.1, 0.15) is 31.9 Å². The molecule has 0 spiro atoms. The standard InChI is InChI=1S/C13H19ClO3/c1-3-6-16-7-8-17-13-5-4-11(14)9-12(13)10(2)15/h4-5,9-10,15H,3,6-8H2,1-2H3/t10-/m1/s1. The van der Waals surface area contributed by atoms with E-state index in [9.17, 15) is 5.11 Å². The third kappa shape index (κ3) is 4.94. The van der Waals surface area contributed by atoms with E-state index >= 15 is 0 Å². The molecule has 0 aliphatic heterocycles. The van der Waals surface area contributed by atoms with Gasteiger partial charge in [0.1, 0.15) is 12.4 Å². The highest BCUT2D eigenvalue weighted by molar-refractivity contribution is 6.30. The molecule has 1 atom stereocenters. The Morgan fingerprint density at radius 2 is 2.06 bits per heavy atom. The summed E-state index contributed by atoms with van der Waals surface area (Å²) >= 11 is 5.87. The van der Waals surface area contributed by atoms with Crippen LogP contribution in [-0.2, 0) is 4.74 Å². The van der Waals surface area contributed by atoms with Gasteiger partial charge in [-0.3, -0.25) is 0 Å². The largest absolute Gasteiger partial charge is 0.491 e. The smallest absolute Gasteiger partial charge is 0.125 e. The highest BCUT2D eigenvalue weighted by atomic mass is 35.5. The fourth-order valence-electron chi connectivity index (χ4n) is 1.43. The van der Waals surface area contributed by atoms with Gasteiger partial charge < -0.3 is 14.6 Å². The van der Waals surface area contributed by atoms with Crippen molar-refractivity contribution in [2.45, 2.75) is 26.4 Å². The van der Waals surface area contributed by atoms with Gasteiger partial charge in [0, 0.05) is 17.2 Å². The van der Waals surface area contributed by atoms with Gasteiger partial charge in [0.25, 0.3) is 0 Å². The van der Waals surface area contributed by atoms with Gasteiger partial charge in [0.2, 0.25) is 0 Å². The van der Waals surface area contributed by atoms with E-state index < -0.39 is 6.10 Å². The molecular formula is C13H19ClO3. The Balaban J connectivity index is 2.52. The Morgan fingerprint density at radius 1 is 1.29 bits per heavy atom. The molecule has 0 heterocycles. The number of hydrogen-bond acceptors (Lipinski definition) is 3. The molecule has 0 aliphatic rings. The van der Waals surface area contributed by atoms with Gasteiger partial charge in [-0.15, -0.1) is 0 Å². The molecule has 96 valence electrons. The van der Waals surface area contributed by atoms with E-state index in [4.69, 9.17) is 21.1 Å². The van der Waals surface area contributed by atoms with E-state index in [-0.39, 0.29) is 0 Å². The summed E-state index contributed by atoms with van der Waals surface area (Å²) in [5, 5.41) is 10.2. The topological polar surface area (TPSA) is 38.7 Å². The summed E-state index contributed by atoms with van der Waals surface area (Å²) in [6.45, 7) is 5.52. The van der Waals surface area contributed by atoms with Gasteiger partial charge >= 0.3 is 0 Å². The van der Waals surface area contributed by atoms with Crippen LogP contribution < -0.4 is 4.74 Å². The highest BCUT2D eigenvalue weighted by Gasteiger charge is 2.09. The first-order valence-electron chi connectivity index (χ1n) is 5.83. The average molecular weight is 259 g/mol. The molecule has 0 aliphatic carbocycles. The Morgan fingerprint density at radius 3 is 2.71 bits per heavy atom. The summed E-state index contributed by atoms with van der Waals surface area (Å²) < 4.78 is 10.9. The fraction of sp³-hybridized carbons (Fsp3) is 0.538. The molecule has 3 nitrogen and oxygen atoms in total. The molecule has 1 N–H and O–H groups in total. The minimum Gasteiger partial charge on any atom is -0.491 e. The molecule has 0 aromatic heterocycles. The Bertz CT molecular complexity index is 339. The third-order valence-corrected chi connectivity index (χ3v) is 2.49. The molecular weight excluding hydrogens is 240 g/mol. The molecule has 0 radical (unpaired) electrons. The van der Waals surface area contributed by atoms with Crippen molar-refractivity contribution < 1.29 is 14.6 Å². The van der Waals surface area contributed by atoms with Crippen molar-refractivity contribution >= 4 is 11.6 Å². The third-order valence-electron chi connectivity index (χ3n) is 2.26. The maximum Gasteiger partial charge on any atom is 0.125 e. The van der Waals surface area contributed by atoms with Gasteiger partial charge in [0.05, 0.1) is 12.7 Å². The molecule has 1 rings (SSSR count). The first-order chi connectivity index (χ1) is 8.15. The monoisotopic (exact) mass is 258 g/mol. The predicted octanol–water partition coefficient (Wildman–Crippen LogP) is 3.20. The first-order valence-corrected chi connectivity index (χ1v) is 6.21. The van der Waals surface area contributed by atoms with E-state index in [1.165, 1.54) is 0 Å². The van der Waals surface area contributed by atoms with Crippen LogP contribution in [-0.4, -0.2) is 24.9 Å². The lowest BCUT2D eigenvalue weighted by Crippen LogP contribution is -2.09. The number of ether oxygens (including phenoxy) is 2. The molecule has 1 aromatic carbocycles. The van der Waals surface area contributed by atoms with E-state index in [2.05, 4.69) is 6.92 Å². The average Bonchev–Trinajstić information content (AvgIpc) is 2.30. The zero-order chi connectivity index (χ0) is 12.7. The minimum absolute atomic E-state index is 0.474. The van der Waals surface area contributed by atoms with Crippen LogP contribution in [0.15, 0.2) is 18.2 Å². The second-order valence-corrected chi connectivity index (χ2v) is 4.26. The molecule has 0 unspecified atom stereocenters. The van der Waals surface area contributed by atoms with Crippen molar-refractivity contribution in [2.24, 2.45) is 0 Å². The van der Waals surface area contributed by atoms with Crippen molar-refractivity contribution in [3.8, 4) is 5.75 Å². The zero-order valence-corrected chi connectivity index (χ0v) is 11.0. The van der Waals surface area contributed by atoms with Crippen molar-refractivity contribution in [3.05, 3.63) is 28.8 Å². The maximum absolute atomic E-state index is 9.60. The number of rotatable bonds is 7. The van der Waals surface area contributed by atoms with Crippen LogP contribution in [0.5, 0.6) is 5.75 Å². The summed E-state index contributed by atoms with van der Waals surface area (Å²) in [4.78, 5) is 0. The molecule has 0 saturated carbocycles. The molecule has 4 heteroatoms. The molecule has 0 amide bonds. The Hall–Kier alpha value is -0.770. The lowest BCUT2D eigenvalue weighted by atomic mass is 10.1. The normalized spacial score (nSPS) is 12.5. The van der Waals surface area contributed by atoms with Crippen LogP contribution in [0.4, 0.5) is 0 Å². The van der Waals surface area contributed by atoms with Crippen LogP contribution in [0, 0.1) is 0 Å². The van der Waals surface area contributed by atoms with Gasteiger partial charge in [-0.25, -0.2) is 0 Å². The number of aliphatic hydroxyl groups is 1. The summed E-state index contributed by atoms with van der Waals surface area (Å²) in [6, 6.07) is 5.23. The van der Waals surface area contributed by atoms with Crippen molar-refractivity contribution in [3.63, 3.8) is 0 Å². The fourth-order valence-corrected chi connectivity index (χ4v) is 1.61. The van der Waals surface area contributed by atoms with E-state index in [1.54, 1.807) is 25.1 Å². The molecule has 17 heavy (non-hydrogen) atoms. The second kappa shape index (κ2) is 7.54. The predicted molar refractivity (Wildman–Crippen MR) is 68.7 cm³/mol. The minimum atomic E-state index is -0.597. The lowest BCUT2D eigenvalue weighted by Gasteiger charge is -2.13. The summed E-state index contributed by atoms with van der Waals surface area (Å²) in [7, 11) is 0. The van der Waals surface area contributed by atoms with Gasteiger partial charge in [-0.1, -0.05) is 18.5 Å². The zero-order valence-electron chi connectivity index (χ0n) is 10.3. The van der Waals surface area contributed by atoms with Crippen molar-refractivity contribution in [2.75, 3.05) is 19.8 Å². The van der Waals surface area contributed by atoms with Gasteiger partial charge in [-0.05, 0) is 31.5 Å². The number of hydrogen-bond donors (Lipinski definition) is 1. The van der Waals surface area contributed by atoms with Crippen molar-refractivity contribution in [1.29, 1.82) is 0 Å². The van der Waals surface area contributed by atoms with Crippen LogP contribution in [0.25, 0.3) is 0 Å². The summed E-state index contributed by atoms with van der Waals surface area (Å²) in [5.74, 6) is 0.657. The molecule has 1 aromatic rings. The summed E-state index contributed by atoms with van der Waals surface area (Å²) in [6.07, 6.45) is 0.403. The van der Waals surface area contributed by atoms with E-state index in [0.717, 1.165) is 13.0 Å². The number of aliphatic hydroxyl groups excluding tert-OH is 1. The Labute approximate surface area is 107 Å². The number of benzene rings is 1. The summed E-state index contributed by atoms with van der Waals surface area (Å²) in [5.41, 5.74) is 0.702. The maximum atomic E-state index is 9.60. The van der Waals surface area contributed by atoms with Crippen LogP contribution in [0.2, 0.25) is 5.02 Å².